The van der Waals surface area contributed by atoms with E-state index in [2.05, 4.69) is 5.32 Å². The van der Waals surface area contributed by atoms with Crippen molar-refractivity contribution in [3.05, 3.63) is 77.8 Å². The number of imidazole rings is 1. The Balaban J connectivity index is 0.00000462. The third-order valence-electron chi connectivity index (χ3n) is 7.28. The van der Waals surface area contributed by atoms with E-state index >= 15 is 0 Å². The van der Waals surface area contributed by atoms with Crippen molar-refractivity contribution in [2.45, 2.75) is 114 Å². The van der Waals surface area contributed by atoms with E-state index in [4.69, 9.17) is 15.6 Å². The lowest BCUT2D eigenvalue weighted by molar-refractivity contribution is -0.146. The highest BCUT2D eigenvalue weighted by atomic mass is 19.1. The Hall–Kier alpha value is -4.89. The number of hydrazine groups is 1. The Kier molecular flexibility index (Phi) is 21.7. The Morgan fingerprint density at radius 1 is 0.945 bits per heavy atom. The number of rotatable bonds is 13. The fourth-order valence-corrected chi connectivity index (χ4v) is 5.26. The van der Waals surface area contributed by atoms with E-state index in [1.165, 1.54) is 4.90 Å². The summed E-state index contributed by atoms with van der Waals surface area (Å²) in [6.45, 7) is 20.4. The van der Waals surface area contributed by atoms with E-state index < -0.39 is 71.8 Å². The van der Waals surface area contributed by atoms with Gasteiger partial charge in [0.25, 0.3) is 5.91 Å². The fourth-order valence-electron chi connectivity index (χ4n) is 5.26. The Labute approximate surface area is 324 Å². The van der Waals surface area contributed by atoms with E-state index in [1.54, 1.807) is 31.5 Å². The van der Waals surface area contributed by atoms with Crippen molar-refractivity contribution in [1.82, 2.24) is 24.8 Å². The molecule has 0 radical (unpaired) electrons. The molecule has 1 heterocycles. The van der Waals surface area contributed by atoms with Crippen molar-refractivity contribution in [1.29, 1.82) is 0 Å². The molecule has 0 saturated heterocycles. The molecule has 5 N–H and O–H groups in total. The van der Waals surface area contributed by atoms with Gasteiger partial charge in [-0.1, -0.05) is 92.6 Å². The smallest absolute Gasteiger partial charge is 0.408 e. The maximum absolute atomic E-state index is 15.0. The van der Waals surface area contributed by atoms with Gasteiger partial charge in [0.1, 0.15) is 42.3 Å². The highest BCUT2D eigenvalue weighted by molar-refractivity contribution is 5.87. The van der Waals surface area contributed by atoms with Crippen molar-refractivity contribution >= 4 is 23.9 Å². The first kappa shape index (κ1) is 50.1. The number of alkyl carbamates (subject to hydrolysis) is 1. The summed E-state index contributed by atoms with van der Waals surface area (Å²) in [6, 6.07) is 9.85. The average Bonchev–Trinajstić information content (AvgIpc) is 3.53. The lowest BCUT2D eigenvalue weighted by atomic mass is 9.84. The van der Waals surface area contributed by atoms with Crippen LogP contribution < -0.4 is 11.2 Å². The quantitative estimate of drug-likeness (QED) is 0.0813. The number of carboxylic acid groups (broad SMARTS) is 1. The number of nitrogens with zero attached hydrogens (tertiary/aromatic N) is 4. The number of carbonyl (C=O) groups is 4. The average molecular weight is 777 g/mol. The number of aliphatic hydroxyl groups excluding tert-OH is 1. The van der Waals surface area contributed by atoms with Crippen LogP contribution in [0.2, 0.25) is 0 Å². The molecular formula is C40H62F2N6O7. The zero-order valence-electron chi connectivity index (χ0n) is 34.4. The molecule has 2 atom stereocenters. The van der Waals surface area contributed by atoms with Crippen LogP contribution in [0, 0.1) is 17.0 Å². The molecule has 3 amide bonds. The molecule has 3 aromatic rings. The van der Waals surface area contributed by atoms with Crippen LogP contribution in [0.25, 0.3) is 11.3 Å². The SMILES string of the molecule is CC.CC.CC.CC(C)(C)OC(=O)NC(CCN(C(=O)CO)C(c1nc(-c2cc(F)ccc2F)cn1Cc1ccccc1)C(C)(C)C)C(=O)N(N)CC(=O)O. The molecule has 0 aliphatic rings. The van der Waals surface area contributed by atoms with Gasteiger partial charge in [-0.3, -0.25) is 19.4 Å². The third-order valence-corrected chi connectivity index (χ3v) is 7.28. The summed E-state index contributed by atoms with van der Waals surface area (Å²) in [5, 5.41) is 22.1. The standard InChI is InChI=1S/C34H44F2N6O7.3C2H6/c1-33(2,3)29(30-38-26(23-16-22(35)12-13-24(23)36)18-40(30)17-21-10-8-7-9-11-21)41(27(44)20-43)15-14-25(31(47)42(37)19-28(45)46)39-32(48)49-34(4,5)6;3*1-2/h7-13,16,18,25,29,43H,14-15,17,19-20,37H2,1-6H3,(H,39,48)(H,45,46);3*1-2H3. The maximum atomic E-state index is 15.0. The van der Waals surface area contributed by atoms with Crippen LogP contribution in [0.4, 0.5) is 13.6 Å². The highest BCUT2D eigenvalue weighted by Crippen LogP contribution is 2.39. The molecule has 1 aromatic heterocycles. The number of benzene rings is 2. The molecule has 13 nitrogen and oxygen atoms in total. The van der Waals surface area contributed by atoms with Crippen molar-refractivity contribution < 1.29 is 42.9 Å². The van der Waals surface area contributed by atoms with Gasteiger partial charge in [-0.05, 0) is 56.4 Å². The van der Waals surface area contributed by atoms with Gasteiger partial charge in [-0.15, -0.1) is 0 Å². The largest absolute Gasteiger partial charge is 0.480 e. The summed E-state index contributed by atoms with van der Waals surface area (Å²) in [5.74, 6) is 1.49. The lowest BCUT2D eigenvalue weighted by Crippen LogP contribution is -2.54. The summed E-state index contributed by atoms with van der Waals surface area (Å²) < 4.78 is 36.3. The van der Waals surface area contributed by atoms with Crippen LogP contribution in [0.5, 0.6) is 0 Å². The van der Waals surface area contributed by atoms with Crippen LogP contribution in [-0.2, 0) is 25.7 Å². The van der Waals surface area contributed by atoms with E-state index in [-0.39, 0.29) is 36.6 Å². The van der Waals surface area contributed by atoms with E-state index in [1.807, 2.05) is 92.6 Å². The van der Waals surface area contributed by atoms with Crippen LogP contribution in [0.15, 0.2) is 54.7 Å². The van der Waals surface area contributed by atoms with Gasteiger partial charge in [0.05, 0.1) is 11.7 Å². The number of halogens is 2. The number of aliphatic carboxylic acids is 1. The van der Waals surface area contributed by atoms with Gasteiger partial charge < -0.3 is 29.7 Å². The summed E-state index contributed by atoms with van der Waals surface area (Å²) in [6.07, 6.45) is 0.283. The number of ether oxygens (including phenoxy) is 1. The predicted molar refractivity (Wildman–Crippen MR) is 209 cm³/mol. The van der Waals surface area contributed by atoms with Gasteiger partial charge in [-0.25, -0.2) is 24.4 Å². The van der Waals surface area contributed by atoms with Crippen LogP contribution in [0.3, 0.4) is 0 Å². The lowest BCUT2D eigenvalue weighted by Gasteiger charge is -2.40. The molecule has 2 aromatic carbocycles. The molecular weight excluding hydrogens is 714 g/mol. The van der Waals surface area contributed by atoms with Crippen molar-refractivity contribution in [2.24, 2.45) is 11.3 Å². The highest BCUT2D eigenvalue weighted by Gasteiger charge is 2.39. The van der Waals surface area contributed by atoms with E-state index in [9.17, 15) is 38.2 Å². The Morgan fingerprint density at radius 2 is 1.53 bits per heavy atom. The fraction of sp³-hybridized carbons (Fsp3) is 0.525. The molecule has 0 fully saturated rings. The van der Waals surface area contributed by atoms with Gasteiger partial charge >= 0.3 is 12.1 Å². The number of carbonyl (C=O) groups excluding carboxylic acids is 3. The molecule has 308 valence electrons. The minimum atomic E-state index is -1.45. The van der Waals surface area contributed by atoms with Crippen LogP contribution in [-0.4, -0.2) is 84.9 Å². The summed E-state index contributed by atoms with van der Waals surface area (Å²) in [5.41, 5.74) is -0.917. The summed E-state index contributed by atoms with van der Waals surface area (Å²) in [7, 11) is 0. The van der Waals surface area contributed by atoms with E-state index in [0.29, 0.717) is 5.01 Å². The number of hydrogen-bond donors (Lipinski definition) is 4. The monoisotopic (exact) mass is 776 g/mol. The second-order valence-electron chi connectivity index (χ2n) is 13.6. The van der Waals surface area contributed by atoms with Crippen LogP contribution in [0.1, 0.15) is 107 Å². The molecule has 0 bridgehead atoms. The molecule has 55 heavy (non-hydrogen) atoms. The zero-order chi connectivity index (χ0) is 42.7. The molecule has 0 spiro atoms. The van der Waals surface area contributed by atoms with Crippen molar-refractivity contribution in [3.63, 3.8) is 0 Å². The molecule has 2 unspecified atom stereocenters. The third kappa shape index (κ3) is 16.2. The number of nitrogens with one attached hydrogen (secondary N) is 1. The molecule has 0 saturated carbocycles. The van der Waals surface area contributed by atoms with Gasteiger partial charge in [0, 0.05) is 24.8 Å². The van der Waals surface area contributed by atoms with E-state index in [0.717, 1.165) is 23.8 Å². The zero-order valence-corrected chi connectivity index (χ0v) is 34.4. The molecule has 3 rings (SSSR count). The topological polar surface area (TPSA) is 180 Å². The second-order valence-corrected chi connectivity index (χ2v) is 13.6. The summed E-state index contributed by atoms with van der Waals surface area (Å²) in [4.78, 5) is 56.8. The predicted octanol–water partition coefficient (Wildman–Crippen LogP) is 6.93. The van der Waals surface area contributed by atoms with Gasteiger partial charge in [-0.2, -0.15) is 0 Å². The van der Waals surface area contributed by atoms with Gasteiger partial charge in [0.2, 0.25) is 5.91 Å². The maximum Gasteiger partial charge on any atom is 0.408 e. The second kappa shape index (κ2) is 23.8. The minimum absolute atomic E-state index is 0.0978. The normalized spacial score (nSPS) is 11.9. The molecule has 15 heteroatoms. The van der Waals surface area contributed by atoms with Gasteiger partial charge in [0.15, 0.2) is 0 Å². The van der Waals surface area contributed by atoms with Crippen molar-refractivity contribution in [2.75, 3.05) is 19.7 Å². The molecule has 0 aliphatic carbocycles. The van der Waals surface area contributed by atoms with Crippen LogP contribution >= 0.6 is 0 Å². The number of carboxylic acids is 1. The number of hydrogen-bond acceptors (Lipinski definition) is 8. The Morgan fingerprint density at radius 3 is 2.04 bits per heavy atom. The van der Waals surface area contributed by atoms with Crippen molar-refractivity contribution in [3.8, 4) is 11.3 Å². The number of amides is 3. The first-order valence-electron chi connectivity index (χ1n) is 18.5. The number of nitrogens with two attached hydrogens (primary N) is 1. The number of aromatic nitrogens is 2. The number of aliphatic hydroxyl groups is 1. The molecule has 0 aliphatic heterocycles. The first-order chi connectivity index (χ1) is 25.8. The Bertz CT molecular complexity index is 1640. The minimum Gasteiger partial charge on any atom is -0.480 e. The summed E-state index contributed by atoms with van der Waals surface area (Å²) >= 11 is 0. The first-order valence-corrected chi connectivity index (χ1v) is 18.5.